The molecule has 0 saturated heterocycles. The van der Waals surface area contributed by atoms with Crippen molar-refractivity contribution in [1.29, 1.82) is 0 Å². The minimum absolute atomic E-state index is 0.00586. The van der Waals surface area contributed by atoms with E-state index < -0.39 is 21.5 Å². The van der Waals surface area contributed by atoms with Gasteiger partial charge in [0.05, 0.1) is 4.90 Å². The Morgan fingerprint density at radius 3 is 2.32 bits per heavy atom. The van der Waals surface area contributed by atoms with Crippen LogP contribution in [0, 0.1) is 0 Å². The van der Waals surface area contributed by atoms with E-state index in [0.29, 0.717) is 5.56 Å². The van der Waals surface area contributed by atoms with Crippen LogP contribution in [-0.2, 0) is 14.6 Å². The lowest BCUT2D eigenvalue weighted by molar-refractivity contribution is -0.113. The zero-order valence-corrected chi connectivity index (χ0v) is 12.6. The summed E-state index contributed by atoms with van der Waals surface area (Å²) in [4.78, 5) is 26.8. The summed E-state index contributed by atoms with van der Waals surface area (Å²) in [5.41, 5.74) is 0.414. The fraction of sp³-hybridized carbons (Fsp3) is 0.133. The maximum atomic E-state index is 12.1. The van der Waals surface area contributed by atoms with Gasteiger partial charge in [0.1, 0.15) is 11.6 Å². The lowest BCUT2D eigenvalue weighted by atomic mass is 10.2. The molecule has 0 atom stereocenters. The Labute approximate surface area is 128 Å². The van der Waals surface area contributed by atoms with Crippen molar-refractivity contribution in [1.82, 2.24) is 4.98 Å². The van der Waals surface area contributed by atoms with Crippen molar-refractivity contribution in [2.45, 2.75) is 11.8 Å². The third kappa shape index (κ3) is 3.98. The van der Waals surface area contributed by atoms with Crippen molar-refractivity contribution in [2.75, 3.05) is 11.1 Å². The molecule has 1 amide bonds. The number of Topliss-reactive ketones (excluding diaryl/α,β-unsaturated/α-hetero) is 1. The Morgan fingerprint density at radius 1 is 1.09 bits per heavy atom. The van der Waals surface area contributed by atoms with Crippen LogP contribution >= 0.6 is 0 Å². The number of pyridine rings is 1. The largest absolute Gasteiger partial charge is 0.310 e. The lowest BCUT2D eigenvalue weighted by Crippen LogP contribution is -2.23. The van der Waals surface area contributed by atoms with Crippen LogP contribution in [0.5, 0.6) is 0 Å². The van der Waals surface area contributed by atoms with Crippen LogP contribution in [0.15, 0.2) is 53.6 Å². The third-order valence-corrected chi connectivity index (χ3v) is 4.51. The van der Waals surface area contributed by atoms with E-state index in [1.54, 1.807) is 18.2 Å². The molecule has 1 aromatic heterocycles. The van der Waals surface area contributed by atoms with Crippen molar-refractivity contribution in [3.63, 3.8) is 0 Å². The van der Waals surface area contributed by atoms with Gasteiger partial charge in [-0.2, -0.15) is 0 Å². The van der Waals surface area contributed by atoms with Gasteiger partial charge in [-0.05, 0) is 31.2 Å². The highest BCUT2D eigenvalue weighted by Crippen LogP contribution is 2.13. The highest BCUT2D eigenvalue weighted by Gasteiger charge is 2.19. The van der Waals surface area contributed by atoms with Gasteiger partial charge in [0, 0.05) is 11.8 Å². The quantitative estimate of drug-likeness (QED) is 0.847. The molecule has 0 fully saturated rings. The van der Waals surface area contributed by atoms with Crippen molar-refractivity contribution < 1.29 is 18.0 Å². The highest BCUT2D eigenvalue weighted by molar-refractivity contribution is 7.92. The minimum atomic E-state index is -3.77. The fourth-order valence-corrected chi connectivity index (χ4v) is 2.90. The Hall–Kier alpha value is -2.54. The predicted molar refractivity (Wildman–Crippen MR) is 81.4 cm³/mol. The summed E-state index contributed by atoms with van der Waals surface area (Å²) in [6.45, 7) is 1.39. The third-order valence-electron chi connectivity index (χ3n) is 2.87. The Balaban J connectivity index is 2.10. The molecule has 6 nitrogen and oxygen atoms in total. The number of anilines is 1. The second-order valence-corrected chi connectivity index (χ2v) is 6.59. The van der Waals surface area contributed by atoms with Crippen LogP contribution in [-0.4, -0.2) is 30.8 Å². The number of aromatic nitrogens is 1. The molecular formula is C15H14N2O4S. The number of benzene rings is 1. The fourth-order valence-electron chi connectivity index (χ4n) is 1.77. The van der Waals surface area contributed by atoms with E-state index in [1.165, 1.54) is 37.4 Å². The molecule has 7 heteroatoms. The zero-order chi connectivity index (χ0) is 16.2. The van der Waals surface area contributed by atoms with E-state index >= 15 is 0 Å². The van der Waals surface area contributed by atoms with Gasteiger partial charge in [-0.25, -0.2) is 13.4 Å². The van der Waals surface area contributed by atoms with Gasteiger partial charge < -0.3 is 5.32 Å². The first kappa shape index (κ1) is 15.8. The molecule has 0 bridgehead atoms. The summed E-state index contributed by atoms with van der Waals surface area (Å²) >= 11 is 0. The number of sulfone groups is 1. The molecule has 2 rings (SSSR count). The highest BCUT2D eigenvalue weighted by atomic mass is 32.2. The maximum Gasteiger partial charge on any atom is 0.241 e. The summed E-state index contributed by atoms with van der Waals surface area (Å²) in [5, 5.41) is 2.41. The van der Waals surface area contributed by atoms with Crippen LogP contribution < -0.4 is 5.32 Å². The van der Waals surface area contributed by atoms with E-state index in [2.05, 4.69) is 10.3 Å². The molecular weight excluding hydrogens is 304 g/mol. The summed E-state index contributed by atoms with van der Waals surface area (Å²) in [6.07, 6.45) is 1.49. The molecule has 22 heavy (non-hydrogen) atoms. The average molecular weight is 318 g/mol. The zero-order valence-electron chi connectivity index (χ0n) is 11.8. The van der Waals surface area contributed by atoms with Crippen molar-refractivity contribution in [2.24, 2.45) is 0 Å². The van der Waals surface area contributed by atoms with E-state index in [0.717, 1.165) is 0 Å². The van der Waals surface area contributed by atoms with Crippen LogP contribution in [0.2, 0.25) is 0 Å². The Morgan fingerprint density at radius 2 is 1.77 bits per heavy atom. The Bertz CT molecular complexity index is 784. The predicted octanol–water partition coefficient (Wildman–Crippen LogP) is 1.70. The summed E-state index contributed by atoms with van der Waals surface area (Å²) < 4.78 is 24.3. The first-order valence-electron chi connectivity index (χ1n) is 6.43. The topological polar surface area (TPSA) is 93.2 Å². The Kier molecular flexibility index (Phi) is 4.67. The summed E-state index contributed by atoms with van der Waals surface area (Å²) in [5.74, 6) is -1.23. The van der Waals surface area contributed by atoms with Crippen LogP contribution in [0.1, 0.15) is 17.3 Å². The van der Waals surface area contributed by atoms with Gasteiger partial charge in [0.2, 0.25) is 5.91 Å². The first-order valence-corrected chi connectivity index (χ1v) is 8.08. The normalized spacial score (nSPS) is 11.0. The van der Waals surface area contributed by atoms with Gasteiger partial charge in [-0.1, -0.05) is 18.2 Å². The number of hydrogen-bond acceptors (Lipinski definition) is 5. The van der Waals surface area contributed by atoms with Crippen molar-refractivity contribution in [3.05, 3.63) is 54.2 Å². The van der Waals surface area contributed by atoms with E-state index in [9.17, 15) is 18.0 Å². The van der Waals surface area contributed by atoms with Gasteiger partial charge in [-0.3, -0.25) is 9.59 Å². The monoisotopic (exact) mass is 318 g/mol. The smallest absolute Gasteiger partial charge is 0.241 e. The second kappa shape index (κ2) is 6.48. The second-order valence-electron chi connectivity index (χ2n) is 4.60. The number of hydrogen-bond donors (Lipinski definition) is 1. The molecule has 1 aromatic carbocycles. The van der Waals surface area contributed by atoms with E-state index in [4.69, 9.17) is 0 Å². The number of nitrogens with one attached hydrogen (secondary N) is 1. The van der Waals surface area contributed by atoms with E-state index in [-0.39, 0.29) is 16.5 Å². The van der Waals surface area contributed by atoms with Crippen LogP contribution in [0.25, 0.3) is 0 Å². The molecule has 0 aliphatic rings. The standard InChI is InChI=1S/C15H14N2O4S/c1-11(18)12-5-7-13(8-6-12)22(20,21)10-15(19)17-14-4-2-3-9-16-14/h2-9H,10H2,1H3,(H,16,17,19). The molecule has 1 N–H and O–H groups in total. The summed E-state index contributed by atoms with van der Waals surface area (Å²) in [6, 6.07) is 10.4. The molecule has 114 valence electrons. The molecule has 2 aromatic rings. The van der Waals surface area contributed by atoms with Crippen LogP contribution in [0.3, 0.4) is 0 Å². The van der Waals surface area contributed by atoms with Gasteiger partial charge in [-0.15, -0.1) is 0 Å². The SMILES string of the molecule is CC(=O)c1ccc(S(=O)(=O)CC(=O)Nc2ccccn2)cc1. The molecule has 0 unspecified atom stereocenters. The number of ketones is 1. The van der Waals surface area contributed by atoms with Gasteiger partial charge in [0.25, 0.3) is 0 Å². The lowest BCUT2D eigenvalue weighted by Gasteiger charge is -2.06. The molecule has 0 aliphatic heterocycles. The number of nitrogens with zero attached hydrogens (tertiary/aromatic N) is 1. The van der Waals surface area contributed by atoms with Crippen molar-refractivity contribution in [3.8, 4) is 0 Å². The molecule has 0 aliphatic carbocycles. The minimum Gasteiger partial charge on any atom is -0.310 e. The molecule has 0 spiro atoms. The van der Waals surface area contributed by atoms with Gasteiger partial charge in [0.15, 0.2) is 15.6 Å². The van der Waals surface area contributed by atoms with Crippen LogP contribution in [0.4, 0.5) is 5.82 Å². The van der Waals surface area contributed by atoms with Gasteiger partial charge >= 0.3 is 0 Å². The maximum absolute atomic E-state index is 12.1. The number of carbonyl (C=O) groups is 2. The first-order chi connectivity index (χ1) is 10.4. The summed E-state index contributed by atoms with van der Waals surface area (Å²) in [7, 11) is -3.77. The van der Waals surface area contributed by atoms with Crippen molar-refractivity contribution >= 4 is 27.3 Å². The number of rotatable bonds is 5. The number of amides is 1. The molecule has 1 heterocycles. The molecule has 0 radical (unpaired) electrons. The number of carbonyl (C=O) groups excluding carboxylic acids is 2. The average Bonchev–Trinajstić information content (AvgIpc) is 2.47. The van der Waals surface area contributed by atoms with E-state index in [1.807, 2.05) is 0 Å². The molecule has 0 saturated carbocycles.